The third kappa shape index (κ3) is 3.63. The van der Waals surface area contributed by atoms with Crippen molar-refractivity contribution in [2.75, 3.05) is 18.8 Å². The van der Waals surface area contributed by atoms with E-state index in [0.717, 1.165) is 4.68 Å². The van der Waals surface area contributed by atoms with Crippen molar-refractivity contribution in [2.24, 2.45) is 5.41 Å². The average Bonchev–Trinajstić information content (AvgIpc) is 2.83. The molecule has 1 aliphatic heterocycles. The molecule has 1 atom stereocenters. The smallest absolute Gasteiger partial charge is 0.437 e. The van der Waals surface area contributed by atoms with Gasteiger partial charge in [-0.05, 0) is 19.3 Å². The summed E-state index contributed by atoms with van der Waals surface area (Å²) in [6, 6.07) is 0. The van der Waals surface area contributed by atoms with Crippen LogP contribution in [0.25, 0.3) is 0 Å². The maximum absolute atomic E-state index is 12.5. The molecule has 1 fully saturated rings. The number of rotatable bonds is 6. The van der Waals surface area contributed by atoms with Gasteiger partial charge in [0.15, 0.2) is 0 Å². The largest absolute Gasteiger partial charge is 0.481 e. The number of carbonyl (C=O) groups is 1. The van der Waals surface area contributed by atoms with E-state index in [1.807, 2.05) is 0 Å². The normalized spacial score (nSPS) is 23.0. The molecule has 1 unspecified atom stereocenters. The SMILES string of the molecule is CCC1(C(=O)O)CCCN(S(=O)(=O)CCn2nc(C)oc2=O)C1. The van der Waals surface area contributed by atoms with Crippen LogP contribution in [-0.2, 0) is 21.4 Å². The molecule has 1 aliphatic rings. The molecule has 0 aliphatic carbocycles. The molecule has 1 N–H and O–H groups in total. The zero-order valence-electron chi connectivity index (χ0n) is 13.2. The number of hydrogen-bond donors (Lipinski definition) is 1. The van der Waals surface area contributed by atoms with Crippen molar-refractivity contribution in [1.82, 2.24) is 14.1 Å². The topological polar surface area (TPSA) is 123 Å². The zero-order chi connectivity index (χ0) is 17.3. The molecule has 0 amide bonds. The molecule has 23 heavy (non-hydrogen) atoms. The van der Waals surface area contributed by atoms with Crippen LogP contribution in [-0.4, -0.2) is 52.4 Å². The van der Waals surface area contributed by atoms with E-state index in [2.05, 4.69) is 5.10 Å². The summed E-state index contributed by atoms with van der Waals surface area (Å²) < 4.78 is 31.8. The van der Waals surface area contributed by atoms with Crippen LogP contribution in [0.3, 0.4) is 0 Å². The van der Waals surface area contributed by atoms with Gasteiger partial charge in [0.1, 0.15) is 0 Å². The van der Waals surface area contributed by atoms with Crippen LogP contribution >= 0.6 is 0 Å². The molecule has 2 rings (SSSR count). The standard InChI is InChI=1S/C13H21N3O6S/c1-3-13(11(17)18)5-4-6-15(9-13)23(20,21)8-7-16-12(19)22-10(2)14-16/h3-9H2,1-2H3,(H,17,18). The van der Waals surface area contributed by atoms with E-state index in [-0.39, 0.29) is 24.7 Å². The molecular weight excluding hydrogens is 326 g/mol. The fourth-order valence-corrected chi connectivity index (χ4v) is 4.34. The highest BCUT2D eigenvalue weighted by molar-refractivity contribution is 7.89. The maximum Gasteiger partial charge on any atom is 0.437 e. The highest BCUT2D eigenvalue weighted by Gasteiger charge is 2.43. The van der Waals surface area contributed by atoms with E-state index in [0.29, 0.717) is 25.8 Å². The van der Waals surface area contributed by atoms with Crippen molar-refractivity contribution in [3.05, 3.63) is 16.4 Å². The third-order valence-corrected chi connectivity index (χ3v) is 6.13. The van der Waals surface area contributed by atoms with E-state index < -0.39 is 27.2 Å². The molecule has 9 nitrogen and oxygen atoms in total. The Morgan fingerprint density at radius 3 is 2.70 bits per heavy atom. The number of hydrogen-bond acceptors (Lipinski definition) is 6. The van der Waals surface area contributed by atoms with Crippen molar-refractivity contribution in [1.29, 1.82) is 0 Å². The van der Waals surface area contributed by atoms with Crippen molar-refractivity contribution in [3.63, 3.8) is 0 Å². The Balaban J connectivity index is 2.11. The molecule has 10 heteroatoms. The summed E-state index contributed by atoms with van der Waals surface area (Å²) in [7, 11) is -3.68. The summed E-state index contributed by atoms with van der Waals surface area (Å²) in [5.74, 6) is -1.83. The minimum atomic E-state index is -3.68. The van der Waals surface area contributed by atoms with Gasteiger partial charge in [0, 0.05) is 20.0 Å². The minimum Gasteiger partial charge on any atom is -0.481 e. The summed E-state index contributed by atoms with van der Waals surface area (Å²) in [4.78, 5) is 22.9. The van der Waals surface area contributed by atoms with Crippen LogP contribution in [0, 0.1) is 12.3 Å². The average molecular weight is 347 g/mol. The van der Waals surface area contributed by atoms with Gasteiger partial charge in [-0.15, -0.1) is 5.10 Å². The van der Waals surface area contributed by atoms with Gasteiger partial charge in [-0.2, -0.15) is 4.68 Å². The van der Waals surface area contributed by atoms with Gasteiger partial charge in [0.25, 0.3) is 0 Å². The molecule has 0 spiro atoms. The molecule has 0 bridgehead atoms. The van der Waals surface area contributed by atoms with E-state index in [1.54, 1.807) is 6.92 Å². The molecule has 130 valence electrons. The second kappa shape index (κ2) is 6.44. The lowest BCUT2D eigenvalue weighted by molar-refractivity contribution is -0.151. The van der Waals surface area contributed by atoms with Crippen LogP contribution in [0.15, 0.2) is 9.21 Å². The number of sulfonamides is 1. The summed E-state index contributed by atoms with van der Waals surface area (Å²) >= 11 is 0. The third-order valence-electron chi connectivity index (χ3n) is 4.33. The summed E-state index contributed by atoms with van der Waals surface area (Å²) in [6.07, 6.45) is 1.34. The number of aliphatic carboxylic acids is 1. The highest BCUT2D eigenvalue weighted by atomic mass is 32.2. The Hall–Kier alpha value is -1.68. The van der Waals surface area contributed by atoms with Gasteiger partial charge in [0.2, 0.25) is 15.9 Å². The molecule has 0 saturated carbocycles. The minimum absolute atomic E-state index is 0.0338. The van der Waals surface area contributed by atoms with Gasteiger partial charge in [-0.25, -0.2) is 17.5 Å². The van der Waals surface area contributed by atoms with E-state index in [4.69, 9.17) is 4.42 Å². The second-order valence-corrected chi connectivity index (χ2v) is 7.89. The number of nitrogens with zero attached hydrogens (tertiary/aromatic N) is 3. The summed E-state index contributed by atoms with van der Waals surface area (Å²) in [5, 5.41) is 13.2. The first kappa shape index (κ1) is 17.7. The van der Waals surface area contributed by atoms with Gasteiger partial charge in [-0.3, -0.25) is 4.79 Å². The summed E-state index contributed by atoms with van der Waals surface area (Å²) in [5.41, 5.74) is -1.04. The van der Waals surface area contributed by atoms with Crippen LogP contribution in [0.5, 0.6) is 0 Å². The first-order valence-corrected chi connectivity index (χ1v) is 9.07. The maximum atomic E-state index is 12.5. The second-order valence-electron chi connectivity index (χ2n) is 5.80. The lowest BCUT2D eigenvalue weighted by Gasteiger charge is -2.38. The Bertz CT molecular complexity index is 737. The van der Waals surface area contributed by atoms with Crippen LogP contribution in [0.4, 0.5) is 0 Å². The predicted octanol–water partition coefficient (Wildman–Crippen LogP) is 0.0513. The van der Waals surface area contributed by atoms with E-state index >= 15 is 0 Å². The molecule has 0 radical (unpaired) electrons. The molecule has 2 heterocycles. The van der Waals surface area contributed by atoms with Crippen molar-refractivity contribution < 1.29 is 22.7 Å². The lowest BCUT2D eigenvalue weighted by atomic mass is 9.78. The highest BCUT2D eigenvalue weighted by Crippen LogP contribution is 2.34. The molecular formula is C13H21N3O6S. The number of aromatic nitrogens is 2. The Morgan fingerprint density at radius 2 is 2.17 bits per heavy atom. The molecule has 1 aromatic heterocycles. The summed E-state index contributed by atoms with van der Waals surface area (Å²) in [6.45, 7) is 3.39. The Labute approximate surface area is 133 Å². The van der Waals surface area contributed by atoms with Gasteiger partial charge in [-0.1, -0.05) is 6.92 Å². The predicted molar refractivity (Wildman–Crippen MR) is 80.5 cm³/mol. The van der Waals surface area contributed by atoms with Crippen molar-refractivity contribution in [3.8, 4) is 0 Å². The quantitative estimate of drug-likeness (QED) is 0.771. The van der Waals surface area contributed by atoms with Crippen LogP contribution in [0.2, 0.25) is 0 Å². The molecule has 1 saturated heterocycles. The number of carboxylic acid groups (broad SMARTS) is 1. The fourth-order valence-electron chi connectivity index (χ4n) is 2.82. The lowest BCUT2D eigenvalue weighted by Crippen LogP contribution is -2.50. The molecule has 1 aromatic rings. The number of piperidine rings is 1. The Morgan fingerprint density at radius 1 is 1.48 bits per heavy atom. The number of carboxylic acids is 1. The first-order valence-electron chi connectivity index (χ1n) is 7.46. The van der Waals surface area contributed by atoms with Crippen LogP contribution < -0.4 is 5.76 Å². The monoisotopic (exact) mass is 347 g/mol. The fraction of sp³-hybridized carbons (Fsp3) is 0.769. The van der Waals surface area contributed by atoms with Gasteiger partial charge >= 0.3 is 11.7 Å². The van der Waals surface area contributed by atoms with E-state index in [1.165, 1.54) is 11.2 Å². The number of aryl methyl sites for hydroxylation is 2. The van der Waals surface area contributed by atoms with Gasteiger partial charge < -0.3 is 9.52 Å². The van der Waals surface area contributed by atoms with E-state index in [9.17, 15) is 23.1 Å². The zero-order valence-corrected chi connectivity index (χ0v) is 14.0. The van der Waals surface area contributed by atoms with Crippen LogP contribution in [0.1, 0.15) is 32.1 Å². The first-order chi connectivity index (χ1) is 10.7. The van der Waals surface area contributed by atoms with Gasteiger partial charge in [0.05, 0.1) is 17.7 Å². The van der Waals surface area contributed by atoms with Crippen molar-refractivity contribution >= 4 is 16.0 Å². The molecule has 0 aromatic carbocycles. The Kier molecular flexibility index (Phi) is 4.95. The van der Waals surface area contributed by atoms with Crippen molar-refractivity contribution in [2.45, 2.75) is 39.7 Å².